The number of anilines is 1. The second kappa shape index (κ2) is 9.32. The van der Waals surface area contributed by atoms with Gasteiger partial charge in [-0.1, -0.05) is 48.0 Å². The fraction of sp³-hybridized carbons (Fsp3) is 0.0385. The minimum Gasteiger partial charge on any atom is -0.422 e. The minimum absolute atomic E-state index is 0.00347. The molecule has 0 amide bonds. The lowest BCUT2D eigenvalue weighted by Gasteiger charge is -2.08. The van der Waals surface area contributed by atoms with Crippen LogP contribution in [-0.4, -0.2) is 15.6 Å². The molecule has 0 radical (unpaired) electrons. The van der Waals surface area contributed by atoms with Crippen molar-refractivity contribution in [1.82, 2.24) is 4.98 Å². The molecule has 0 aliphatic rings. The van der Waals surface area contributed by atoms with E-state index in [-0.39, 0.29) is 5.69 Å². The molecule has 5 aromatic rings. The van der Waals surface area contributed by atoms with Crippen LogP contribution in [0.4, 0.5) is 10.8 Å². The van der Waals surface area contributed by atoms with E-state index >= 15 is 0 Å². The number of rotatable bonds is 6. The number of hydrogen-bond acceptors (Lipinski definition) is 8. The van der Waals surface area contributed by atoms with Crippen LogP contribution in [0, 0.1) is 17.0 Å². The van der Waals surface area contributed by atoms with Gasteiger partial charge in [-0.3, -0.25) is 15.5 Å². The number of hydrogen-bond donors (Lipinski definition) is 1. The molecule has 2 heterocycles. The molecule has 0 fully saturated rings. The first kappa shape index (κ1) is 22.2. The summed E-state index contributed by atoms with van der Waals surface area (Å²) in [5.74, 6) is 0. The van der Waals surface area contributed by atoms with Crippen molar-refractivity contribution < 1.29 is 9.34 Å². The predicted octanol–water partition coefficient (Wildman–Crippen LogP) is 6.00. The van der Waals surface area contributed by atoms with E-state index in [0.29, 0.717) is 33.2 Å². The Morgan fingerprint density at radius 3 is 2.43 bits per heavy atom. The maximum absolute atomic E-state index is 12.5. The maximum Gasteiger partial charge on any atom is 0.345 e. The number of para-hydroxylation sites is 1. The van der Waals surface area contributed by atoms with E-state index in [0.717, 1.165) is 16.5 Å². The van der Waals surface area contributed by atoms with Crippen molar-refractivity contribution in [3.05, 3.63) is 121 Å². The summed E-state index contributed by atoms with van der Waals surface area (Å²) < 4.78 is 5.42. The van der Waals surface area contributed by atoms with Gasteiger partial charge in [-0.15, -0.1) is 11.3 Å². The number of thiazole rings is 1. The molecule has 0 bridgehead atoms. The zero-order chi connectivity index (χ0) is 24.4. The lowest BCUT2D eigenvalue weighted by atomic mass is 10.0. The molecule has 0 aliphatic heterocycles. The van der Waals surface area contributed by atoms with Crippen LogP contribution in [0.25, 0.3) is 22.2 Å². The number of non-ortho nitro benzene ring substituents is 1. The van der Waals surface area contributed by atoms with Crippen LogP contribution in [0.5, 0.6) is 0 Å². The van der Waals surface area contributed by atoms with E-state index in [4.69, 9.17) is 4.42 Å². The maximum atomic E-state index is 12.5. The zero-order valence-corrected chi connectivity index (χ0v) is 19.3. The first-order chi connectivity index (χ1) is 17.0. The molecule has 172 valence electrons. The van der Waals surface area contributed by atoms with Crippen LogP contribution in [0.3, 0.4) is 0 Å². The van der Waals surface area contributed by atoms with Crippen LogP contribution in [0.1, 0.15) is 16.7 Å². The molecule has 5 rings (SSSR count). The van der Waals surface area contributed by atoms with Gasteiger partial charge in [-0.25, -0.2) is 9.78 Å². The van der Waals surface area contributed by atoms with E-state index in [2.05, 4.69) is 15.5 Å². The number of nitrogens with one attached hydrogen (secondary N) is 1. The van der Waals surface area contributed by atoms with Crippen molar-refractivity contribution in [3.63, 3.8) is 0 Å². The summed E-state index contributed by atoms with van der Waals surface area (Å²) in [7, 11) is 0. The van der Waals surface area contributed by atoms with Gasteiger partial charge in [-0.2, -0.15) is 5.10 Å². The SMILES string of the molecule is Cc1ccc(C(=NNc2nc(-c3cc4ccccc4oc3=O)cs2)c2ccc([N+](=O)[O-])cc2)cc1. The third-order valence-electron chi connectivity index (χ3n) is 5.36. The van der Waals surface area contributed by atoms with Gasteiger partial charge >= 0.3 is 5.63 Å². The number of hydrazone groups is 1. The normalized spacial score (nSPS) is 11.5. The molecule has 9 heteroatoms. The van der Waals surface area contributed by atoms with Gasteiger partial charge in [0.15, 0.2) is 0 Å². The average molecular weight is 483 g/mol. The molecule has 0 saturated heterocycles. The summed E-state index contributed by atoms with van der Waals surface area (Å²) in [6, 6.07) is 23.1. The molecule has 0 atom stereocenters. The fourth-order valence-corrected chi connectivity index (χ4v) is 4.19. The van der Waals surface area contributed by atoms with Crippen LogP contribution in [0.15, 0.2) is 98.6 Å². The van der Waals surface area contributed by atoms with Crippen LogP contribution < -0.4 is 11.1 Å². The van der Waals surface area contributed by atoms with E-state index in [9.17, 15) is 14.9 Å². The highest BCUT2D eigenvalue weighted by molar-refractivity contribution is 7.14. The molecule has 0 unspecified atom stereocenters. The van der Waals surface area contributed by atoms with Crippen molar-refractivity contribution in [1.29, 1.82) is 0 Å². The van der Waals surface area contributed by atoms with Gasteiger partial charge in [0.05, 0.1) is 21.9 Å². The van der Waals surface area contributed by atoms with E-state index < -0.39 is 10.5 Å². The Morgan fingerprint density at radius 1 is 1.03 bits per heavy atom. The van der Waals surface area contributed by atoms with Gasteiger partial charge in [0, 0.05) is 34.0 Å². The van der Waals surface area contributed by atoms with Crippen molar-refractivity contribution >= 4 is 38.8 Å². The Bertz CT molecular complexity index is 1620. The summed E-state index contributed by atoms with van der Waals surface area (Å²) in [5, 5.41) is 18.7. The number of aryl methyl sites for hydroxylation is 1. The van der Waals surface area contributed by atoms with Gasteiger partial charge in [0.2, 0.25) is 5.13 Å². The molecule has 35 heavy (non-hydrogen) atoms. The third-order valence-corrected chi connectivity index (χ3v) is 6.11. The Labute approximate surface area is 203 Å². The van der Waals surface area contributed by atoms with Crippen LogP contribution >= 0.6 is 11.3 Å². The molecule has 8 nitrogen and oxygen atoms in total. The number of fused-ring (bicyclic) bond motifs is 1. The van der Waals surface area contributed by atoms with E-state index in [1.165, 1.54) is 23.5 Å². The number of nitrogens with zero attached hydrogens (tertiary/aromatic N) is 3. The molecular weight excluding hydrogens is 464 g/mol. The summed E-state index contributed by atoms with van der Waals surface area (Å²) in [5.41, 5.74) is 7.12. The highest BCUT2D eigenvalue weighted by atomic mass is 32.1. The standard InChI is InChI=1S/C26H18N4O4S/c1-16-6-8-17(9-7-16)24(18-10-12-20(13-11-18)30(32)33)28-29-26-27-22(15-35-26)21-14-19-4-2-3-5-23(19)34-25(21)31/h2-15H,1H3,(H,27,29). The van der Waals surface area contributed by atoms with E-state index in [1.807, 2.05) is 49.4 Å². The monoisotopic (exact) mass is 482 g/mol. The summed E-state index contributed by atoms with van der Waals surface area (Å²) in [6.45, 7) is 1.99. The molecule has 0 spiro atoms. The van der Waals surface area contributed by atoms with Crippen molar-refractivity contribution in [2.24, 2.45) is 5.10 Å². The van der Waals surface area contributed by atoms with Crippen molar-refractivity contribution in [2.45, 2.75) is 6.92 Å². The Morgan fingerprint density at radius 2 is 1.71 bits per heavy atom. The smallest absolute Gasteiger partial charge is 0.345 e. The van der Waals surface area contributed by atoms with Crippen LogP contribution in [-0.2, 0) is 0 Å². The number of nitro groups is 1. The number of aromatic nitrogens is 1. The highest BCUT2D eigenvalue weighted by Crippen LogP contribution is 2.26. The van der Waals surface area contributed by atoms with Gasteiger partial charge in [0.1, 0.15) is 5.58 Å². The second-order valence-corrected chi connectivity index (χ2v) is 8.62. The highest BCUT2D eigenvalue weighted by Gasteiger charge is 2.13. The third kappa shape index (κ3) is 4.71. The zero-order valence-electron chi connectivity index (χ0n) is 18.5. The Hall–Kier alpha value is -4.63. The van der Waals surface area contributed by atoms with Crippen LogP contribution in [0.2, 0.25) is 0 Å². The summed E-state index contributed by atoms with van der Waals surface area (Å²) in [4.78, 5) is 27.6. The lowest BCUT2D eigenvalue weighted by Crippen LogP contribution is -2.07. The Kier molecular flexibility index (Phi) is 5.90. The van der Waals surface area contributed by atoms with Crippen molar-refractivity contribution in [3.8, 4) is 11.3 Å². The summed E-state index contributed by atoms with van der Waals surface area (Å²) in [6.07, 6.45) is 0. The fourth-order valence-electron chi connectivity index (χ4n) is 3.54. The first-order valence-electron chi connectivity index (χ1n) is 10.6. The Balaban J connectivity index is 1.48. The topological polar surface area (TPSA) is 111 Å². The number of benzene rings is 3. The first-order valence-corrected chi connectivity index (χ1v) is 11.5. The summed E-state index contributed by atoms with van der Waals surface area (Å²) >= 11 is 1.30. The quantitative estimate of drug-likeness (QED) is 0.138. The van der Waals surface area contributed by atoms with Gasteiger partial charge in [0.25, 0.3) is 5.69 Å². The average Bonchev–Trinajstić information content (AvgIpc) is 3.34. The van der Waals surface area contributed by atoms with Gasteiger partial charge < -0.3 is 4.42 Å². The second-order valence-electron chi connectivity index (χ2n) is 7.77. The molecule has 0 saturated carbocycles. The van der Waals surface area contributed by atoms with Gasteiger partial charge in [-0.05, 0) is 31.2 Å². The molecular formula is C26H18N4O4S. The largest absolute Gasteiger partial charge is 0.422 e. The minimum atomic E-state index is -0.463. The molecule has 3 aromatic carbocycles. The predicted molar refractivity (Wildman–Crippen MR) is 137 cm³/mol. The molecule has 0 aliphatic carbocycles. The van der Waals surface area contributed by atoms with E-state index in [1.54, 1.807) is 29.6 Å². The lowest BCUT2D eigenvalue weighted by molar-refractivity contribution is -0.384. The van der Waals surface area contributed by atoms with Crippen molar-refractivity contribution in [2.75, 3.05) is 5.43 Å². The molecule has 2 aromatic heterocycles. The number of nitro benzene ring substituents is 1. The molecule has 1 N–H and O–H groups in total.